The van der Waals surface area contributed by atoms with Gasteiger partial charge in [0.1, 0.15) is 16.5 Å². The fourth-order valence-corrected chi connectivity index (χ4v) is 3.72. The maximum Gasteiger partial charge on any atom is 0.220 e. The van der Waals surface area contributed by atoms with Crippen LogP contribution in [0.1, 0.15) is 49.4 Å². The Morgan fingerprint density at radius 2 is 2.09 bits per heavy atom. The van der Waals surface area contributed by atoms with Gasteiger partial charge in [0.15, 0.2) is 0 Å². The largest absolute Gasteiger partial charge is 0.334 e. The van der Waals surface area contributed by atoms with Gasteiger partial charge < -0.3 is 4.90 Å². The summed E-state index contributed by atoms with van der Waals surface area (Å²) in [6, 6.07) is 2.06. The number of hydrogen-bond donors (Lipinski definition) is 0. The van der Waals surface area contributed by atoms with Gasteiger partial charge in [-0.3, -0.25) is 4.79 Å². The molecule has 22 heavy (non-hydrogen) atoms. The molecule has 1 saturated heterocycles. The summed E-state index contributed by atoms with van der Waals surface area (Å²) in [7, 11) is 0. The van der Waals surface area contributed by atoms with E-state index in [1.807, 2.05) is 30.2 Å². The van der Waals surface area contributed by atoms with Gasteiger partial charge >= 0.3 is 0 Å². The molecule has 2 aromatic heterocycles. The zero-order chi connectivity index (χ0) is 15.7. The summed E-state index contributed by atoms with van der Waals surface area (Å²) < 4.78 is 0. The second-order valence-corrected chi connectivity index (χ2v) is 6.60. The van der Waals surface area contributed by atoms with Crippen LogP contribution >= 0.6 is 11.3 Å². The van der Waals surface area contributed by atoms with Crippen molar-refractivity contribution in [2.75, 3.05) is 6.54 Å². The normalized spacial score (nSPS) is 18.5. The molecule has 1 aliphatic heterocycles. The fourth-order valence-electron chi connectivity index (χ4n) is 2.96. The number of amides is 1. The van der Waals surface area contributed by atoms with Gasteiger partial charge in [-0.25, -0.2) is 15.0 Å². The molecule has 2 aromatic rings. The number of aryl methyl sites for hydroxylation is 2. The van der Waals surface area contributed by atoms with Gasteiger partial charge in [0.05, 0.1) is 11.7 Å². The molecule has 3 rings (SSSR count). The first-order chi connectivity index (χ1) is 10.5. The summed E-state index contributed by atoms with van der Waals surface area (Å²) in [5.41, 5.74) is 2.79. The van der Waals surface area contributed by atoms with Gasteiger partial charge in [0.2, 0.25) is 5.91 Å². The quantitative estimate of drug-likeness (QED) is 0.853. The SMILES string of the molecule is CC(=O)N1CCCC[C@@H]1c1cc(-c2nc(C)cs2)nc(C)n1. The third-order valence-corrected chi connectivity index (χ3v) is 4.93. The van der Waals surface area contributed by atoms with Crippen LogP contribution in [0.25, 0.3) is 10.7 Å². The topological polar surface area (TPSA) is 59.0 Å². The molecule has 0 N–H and O–H groups in total. The van der Waals surface area contributed by atoms with Crippen LogP contribution in [0, 0.1) is 13.8 Å². The second-order valence-electron chi connectivity index (χ2n) is 5.74. The summed E-state index contributed by atoms with van der Waals surface area (Å²) in [4.78, 5) is 27.5. The van der Waals surface area contributed by atoms with Crippen LogP contribution in [-0.4, -0.2) is 32.3 Å². The third-order valence-electron chi connectivity index (χ3n) is 3.94. The molecular weight excluding hydrogens is 296 g/mol. The predicted octanol–water partition coefficient (Wildman–Crippen LogP) is 3.29. The standard InChI is InChI=1S/C16H20N4OS/c1-10-9-22-16(17-10)14-8-13(18-11(2)19-14)15-6-4-5-7-20(15)12(3)21/h8-9,15H,4-7H2,1-3H3/t15-/m1/s1. The van der Waals surface area contributed by atoms with Crippen molar-refractivity contribution in [2.24, 2.45) is 0 Å². The van der Waals surface area contributed by atoms with E-state index in [0.29, 0.717) is 0 Å². The van der Waals surface area contributed by atoms with E-state index >= 15 is 0 Å². The molecular formula is C16H20N4OS. The number of hydrogen-bond acceptors (Lipinski definition) is 5. The molecule has 0 spiro atoms. The highest BCUT2D eigenvalue weighted by Crippen LogP contribution is 2.32. The molecule has 3 heterocycles. The van der Waals surface area contributed by atoms with Crippen LogP contribution in [0.3, 0.4) is 0 Å². The molecule has 5 nitrogen and oxygen atoms in total. The number of nitrogens with zero attached hydrogens (tertiary/aromatic N) is 4. The van der Waals surface area contributed by atoms with Crippen molar-refractivity contribution >= 4 is 17.2 Å². The minimum atomic E-state index is 0.0627. The van der Waals surface area contributed by atoms with Crippen LogP contribution in [0.2, 0.25) is 0 Å². The zero-order valence-electron chi connectivity index (χ0n) is 13.2. The number of aromatic nitrogens is 3. The van der Waals surface area contributed by atoms with Crippen molar-refractivity contribution in [3.63, 3.8) is 0 Å². The Hall–Kier alpha value is -1.82. The molecule has 0 saturated carbocycles. The number of rotatable bonds is 2. The first kappa shape index (κ1) is 15.1. The van der Waals surface area contributed by atoms with E-state index in [9.17, 15) is 4.79 Å². The Kier molecular flexibility index (Phi) is 4.20. The van der Waals surface area contributed by atoms with Gasteiger partial charge in [0, 0.05) is 24.5 Å². The van der Waals surface area contributed by atoms with Gasteiger partial charge in [0.25, 0.3) is 0 Å². The van der Waals surface area contributed by atoms with E-state index in [1.54, 1.807) is 18.3 Å². The fraction of sp³-hybridized carbons (Fsp3) is 0.500. The van der Waals surface area contributed by atoms with Crippen molar-refractivity contribution in [2.45, 2.75) is 46.1 Å². The molecule has 0 aliphatic carbocycles. The molecule has 1 atom stereocenters. The summed E-state index contributed by atoms with van der Waals surface area (Å²) in [6.07, 6.45) is 3.16. The molecule has 1 aliphatic rings. The molecule has 0 radical (unpaired) electrons. The van der Waals surface area contributed by atoms with Crippen molar-refractivity contribution in [3.8, 4) is 10.7 Å². The number of carbonyl (C=O) groups excluding carboxylic acids is 1. The molecule has 116 valence electrons. The Morgan fingerprint density at radius 1 is 1.27 bits per heavy atom. The van der Waals surface area contributed by atoms with E-state index in [2.05, 4.69) is 15.0 Å². The van der Waals surface area contributed by atoms with E-state index in [4.69, 9.17) is 0 Å². The molecule has 1 fully saturated rings. The lowest BCUT2D eigenvalue weighted by Gasteiger charge is -2.34. The summed E-state index contributed by atoms with van der Waals surface area (Å²) in [6.45, 7) is 6.33. The van der Waals surface area contributed by atoms with Gasteiger partial charge in [-0.1, -0.05) is 0 Å². The average molecular weight is 316 g/mol. The van der Waals surface area contributed by atoms with Crippen LogP contribution in [-0.2, 0) is 4.79 Å². The Labute approximate surface area is 134 Å². The summed E-state index contributed by atoms with van der Waals surface area (Å²) >= 11 is 1.59. The number of piperidine rings is 1. The number of carbonyl (C=O) groups is 1. The molecule has 0 unspecified atom stereocenters. The van der Waals surface area contributed by atoms with Crippen LogP contribution < -0.4 is 0 Å². The Balaban J connectivity index is 1.99. The maximum absolute atomic E-state index is 11.9. The van der Waals surface area contributed by atoms with Crippen molar-refractivity contribution < 1.29 is 4.79 Å². The molecule has 6 heteroatoms. The monoisotopic (exact) mass is 316 g/mol. The van der Waals surface area contributed by atoms with Gasteiger partial charge in [-0.15, -0.1) is 11.3 Å². The van der Waals surface area contributed by atoms with E-state index in [-0.39, 0.29) is 11.9 Å². The van der Waals surface area contributed by atoms with Crippen molar-refractivity contribution in [3.05, 3.63) is 28.7 Å². The highest BCUT2D eigenvalue weighted by molar-refractivity contribution is 7.13. The average Bonchev–Trinajstić information content (AvgIpc) is 2.93. The molecule has 0 bridgehead atoms. The van der Waals surface area contributed by atoms with Gasteiger partial charge in [-0.05, 0) is 39.2 Å². The number of likely N-dealkylation sites (tertiary alicyclic amines) is 1. The zero-order valence-corrected chi connectivity index (χ0v) is 14.0. The van der Waals surface area contributed by atoms with E-state index in [1.165, 1.54) is 0 Å². The Bertz CT molecular complexity index is 697. The molecule has 1 amide bonds. The summed E-state index contributed by atoms with van der Waals surface area (Å²) in [5.74, 6) is 0.849. The van der Waals surface area contributed by atoms with Crippen LogP contribution in [0.15, 0.2) is 11.4 Å². The molecule has 0 aromatic carbocycles. The number of thiazole rings is 1. The lowest BCUT2D eigenvalue weighted by Crippen LogP contribution is -2.37. The van der Waals surface area contributed by atoms with Crippen LogP contribution in [0.4, 0.5) is 0 Å². The minimum absolute atomic E-state index is 0.0627. The lowest BCUT2D eigenvalue weighted by molar-refractivity contribution is -0.132. The van der Waals surface area contributed by atoms with Crippen LogP contribution in [0.5, 0.6) is 0 Å². The van der Waals surface area contributed by atoms with E-state index in [0.717, 1.165) is 53.7 Å². The van der Waals surface area contributed by atoms with Gasteiger partial charge in [-0.2, -0.15) is 0 Å². The highest BCUT2D eigenvalue weighted by Gasteiger charge is 2.27. The van der Waals surface area contributed by atoms with Crippen molar-refractivity contribution in [1.82, 2.24) is 19.9 Å². The van der Waals surface area contributed by atoms with Crippen molar-refractivity contribution in [1.29, 1.82) is 0 Å². The first-order valence-corrected chi connectivity index (χ1v) is 8.48. The predicted molar refractivity (Wildman–Crippen MR) is 86.6 cm³/mol. The van der Waals surface area contributed by atoms with E-state index < -0.39 is 0 Å². The maximum atomic E-state index is 11.9. The third kappa shape index (κ3) is 3.02. The summed E-state index contributed by atoms with van der Waals surface area (Å²) in [5, 5.41) is 2.93. The minimum Gasteiger partial charge on any atom is -0.334 e. The highest BCUT2D eigenvalue weighted by atomic mass is 32.1. The first-order valence-electron chi connectivity index (χ1n) is 7.60. The lowest BCUT2D eigenvalue weighted by atomic mass is 9.98. The Morgan fingerprint density at radius 3 is 2.77 bits per heavy atom. The smallest absolute Gasteiger partial charge is 0.220 e. The second kappa shape index (κ2) is 6.12.